The van der Waals surface area contributed by atoms with Gasteiger partial charge in [0.2, 0.25) is 10.1 Å². The molecule has 1 amide bonds. The zero-order chi connectivity index (χ0) is 22.0. The summed E-state index contributed by atoms with van der Waals surface area (Å²) in [7, 11) is 3.11. The molecule has 0 aliphatic carbocycles. The van der Waals surface area contributed by atoms with Gasteiger partial charge < -0.3 is 19.7 Å². The number of rotatable bonds is 6. The summed E-state index contributed by atoms with van der Waals surface area (Å²) in [4.78, 5) is 32.5. The van der Waals surface area contributed by atoms with Crippen LogP contribution in [0.15, 0.2) is 29.2 Å². The van der Waals surface area contributed by atoms with Crippen LogP contribution in [0.25, 0.3) is 4.96 Å². The number of amides is 1. The summed E-state index contributed by atoms with van der Waals surface area (Å²) >= 11 is 1.37. The van der Waals surface area contributed by atoms with Crippen molar-refractivity contribution < 1.29 is 14.3 Å². The molecular formula is C21H25N5O4S. The average Bonchev–Trinajstić information content (AvgIpc) is 3.23. The number of nitrogens with one attached hydrogen (secondary N) is 1. The van der Waals surface area contributed by atoms with Gasteiger partial charge in [0, 0.05) is 25.8 Å². The molecule has 1 aromatic carbocycles. The largest absolute Gasteiger partial charge is 0.493 e. The molecule has 0 radical (unpaired) electrons. The molecule has 0 spiro atoms. The molecule has 3 aromatic rings. The molecule has 1 saturated heterocycles. The van der Waals surface area contributed by atoms with Gasteiger partial charge in [-0.1, -0.05) is 24.3 Å². The third-order valence-corrected chi connectivity index (χ3v) is 6.33. The highest BCUT2D eigenvalue weighted by Gasteiger charge is 2.22. The van der Waals surface area contributed by atoms with Crippen LogP contribution in [0.1, 0.15) is 35.7 Å². The lowest BCUT2D eigenvalue weighted by Gasteiger charge is -2.30. The van der Waals surface area contributed by atoms with Gasteiger partial charge in [-0.15, -0.1) is 5.10 Å². The molecule has 2 aromatic heterocycles. The topological polar surface area (TPSA) is 98.1 Å². The summed E-state index contributed by atoms with van der Waals surface area (Å²) < 4.78 is 11.7. The summed E-state index contributed by atoms with van der Waals surface area (Å²) in [6.07, 6.45) is 3.62. The van der Waals surface area contributed by atoms with Crippen molar-refractivity contribution in [3.05, 3.63) is 45.9 Å². The van der Waals surface area contributed by atoms with Crippen LogP contribution in [0.4, 0.5) is 5.13 Å². The van der Waals surface area contributed by atoms with Crippen LogP contribution in [0.3, 0.4) is 0 Å². The van der Waals surface area contributed by atoms with E-state index in [2.05, 4.69) is 27.2 Å². The second kappa shape index (κ2) is 8.93. The number of anilines is 1. The van der Waals surface area contributed by atoms with Gasteiger partial charge in [0.15, 0.2) is 11.5 Å². The summed E-state index contributed by atoms with van der Waals surface area (Å²) in [6, 6.07) is 5.36. The lowest BCUT2D eigenvalue weighted by molar-refractivity contribution is 0.0948. The number of ether oxygens (including phenoxy) is 2. The molecule has 3 heterocycles. The first-order valence-corrected chi connectivity index (χ1v) is 10.9. The molecule has 1 fully saturated rings. The zero-order valence-electron chi connectivity index (χ0n) is 17.8. The van der Waals surface area contributed by atoms with Crippen molar-refractivity contribution in [2.24, 2.45) is 5.92 Å². The monoisotopic (exact) mass is 443 g/mol. The van der Waals surface area contributed by atoms with Crippen molar-refractivity contribution >= 4 is 27.3 Å². The molecule has 0 unspecified atom stereocenters. The lowest BCUT2D eigenvalue weighted by Crippen LogP contribution is -2.34. The van der Waals surface area contributed by atoms with Gasteiger partial charge in [-0.2, -0.15) is 4.52 Å². The SMILES string of the molecule is COc1ccc(CNC(=O)c2cnc3sc(N4CCC[C@H](C)C4)nn3c2=O)cc1OC. The molecule has 1 N–H and O–H groups in total. The smallest absolute Gasteiger partial charge is 0.288 e. The molecule has 10 heteroatoms. The predicted molar refractivity (Wildman–Crippen MR) is 118 cm³/mol. The first-order chi connectivity index (χ1) is 15.0. The second-order valence-electron chi connectivity index (χ2n) is 7.62. The maximum atomic E-state index is 12.9. The molecule has 1 aliphatic heterocycles. The summed E-state index contributed by atoms with van der Waals surface area (Å²) in [5, 5.41) is 7.97. The Balaban J connectivity index is 1.52. The fourth-order valence-corrected chi connectivity index (χ4v) is 4.59. The second-order valence-corrected chi connectivity index (χ2v) is 8.56. The Kier molecular flexibility index (Phi) is 6.08. The van der Waals surface area contributed by atoms with Gasteiger partial charge in [-0.3, -0.25) is 9.59 Å². The van der Waals surface area contributed by atoms with Crippen molar-refractivity contribution in [3.8, 4) is 11.5 Å². The van der Waals surface area contributed by atoms with E-state index in [4.69, 9.17) is 9.47 Å². The Hall–Kier alpha value is -3.14. The highest BCUT2D eigenvalue weighted by molar-refractivity contribution is 7.20. The van der Waals surface area contributed by atoms with E-state index in [-0.39, 0.29) is 12.1 Å². The maximum Gasteiger partial charge on any atom is 0.288 e. The fourth-order valence-electron chi connectivity index (χ4n) is 3.69. The van der Waals surface area contributed by atoms with Crippen LogP contribution >= 0.6 is 11.3 Å². The normalized spacial score (nSPS) is 16.4. The first-order valence-electron chi connectivity index (χ1n) is 10.1. The number of nitrogens with zero attached hydrogens (tertiary/aromatic N) is 4. The highest BCUT2D eigenvalue weighted by atomic mass is 32.1. The number of methoxy groups -OCH3 is 2. The Morgan fingerprint density at radius 3 is 2.84 bits per heavy atom. The van der Waals surface area contributed by atoms with Crippen LogP contribution in [-0.2, 0) is 6.54 Å². The Morgan fingerprint density at radius 1 is 1.29 bits per heavy atom. The van der Waals surface area contributed by atoms with E-state index in [0.717, 1.165) is 30.2 Å². The molecular weight excluding hydrogens is 418 g/mol. The lowest BCUT2D eigenvalue weighted by atomic mass is 10.0. The maximum absolute atomic E-state index is 12.9. The van der Waals surface area contributed by atoms with Crippen molar-refractivity contribution in [1.29, 1.82) is 0 Å². The van der Waals surface area contributed by atoms with Gasteiger partial charge >= 0.3 is 0 Å². The van der Waals surface area contributed by atoms with E-state index >= 15 is 0 Å². The Labute approximate surface area is 183 Å². The number of carbonyl (C=O) groups excluding carboxylic acids is 1. The van der Waals surface area contributed by atoms with Crippen molar-refractivity contribution in [2.45, 2.75) is 26.3 Å². The van der Waals surface area contributed by atoms with Gasteiger partial charge in [0.25, 0.3) is 11.5 Å². The van der Waals surface area contributed by atoms with E-state index in [1.165, 1.54) is 28.5 Å². The number of carbonyl (C=O) groups is 1. The van der Waals surface area contributed by atoms with Crippen molar-refractivity contribution in [1.82, 2.24) is 19.9 Å². The third-order valence-electron chi connectivity index (χ3n) is 5.35. The quantitative estimate of drug-likeness (QED) is 0.624. The van der Waals surface area contributed by atoms with Gasteiger partial charge in [0.05, 0.1) is 14.2 Å². The van der Waals surface area contributed by atoms with E-state index in [1.807, 2.05) is 6.07 Å². The van der Waals surface area contributed by atoms with Crippen LogP contribution in [0.5, 0.6) is 11.5 Å². The molecule has 4 rings (SSSR count). The minimum absolute atomic E-state index is 0.0400. The van der Waals surface area contributed by atoms with Crippen molar-refractivity contribution in [2.75, 3.05) is 32.2 Å². The number of hydrogen-bond donors (Lipinski definition) is 1. The van der Waals surface area contributed by atoms with Gasteiger partial charge in [-0.05, 0) is 36.5 Å². The minimum atomic E-state index is -0.497. The van der Waals surface area contributed by atoms with E-state index < -0.39 is 11.5 Å². The van der Waals surface area contributed by atoms with Gasteiger partial charge in [0.1, 0.15) is 5.56 Å². The van der Waals surface area contributed by atoms with Gasteiger partial charge in [-0.25, -0.2) is 4.98 Å². The fraction of sp³-hybridized carbons (Fsp3) is 0.429. The zero-order valence-corrected chi connectivity index (χ0v) is 18.6. The summed E-state index contributed by atoms with van der Waals surface area (Å²) in [5.41, 5.74) is 0.305. The number of fused-ring (bicyclic) bond motifs is 1. The number of hydrogen-bond acceptors (Lipinski definition) is 8. The van der Waals surface area contributed by atoms with Crippen LogP contribution < -0.4 is 25.2 Å². The molecule has 9 nitrogen and oxygen atoms in total. The Bertz CT molecular complexity index is 1160. The summed E-state index contributed by atoms with van der Waals surface area (Å²) in [5.74, 6) is 1.26. The van der Waals surface area contributed by atoms with Crippen LogP contribution in [0, 0.1) is 5.92 Å². The number of benzene rings is 1. The first kappa shape index (κ1) is 21.1. The Morgan fingerprint density at radius 2 is 2.10 bits per heavy atom. The molecule has 31 heavy (non-hydrogen) atoms. The number of aromatic nitrogens is 3. The molecule has 0 saturated carbocycles. The highest BCUT2D eigenvalue weighted by Crippen LogP contribution is 2.28. The average molecular weight is 444 g/mol. The van der Waals surface area contributed by atoms with E-state index in [1.54, 1.807) is 26.4 Å². The molecule has 164 valence electrons. The van der Waals surface area contributed by atoms with Crippen LogP contribution in [0.2, 0.25) is 0 Å². The third kappa shape index (κ3) is 4.34. The van der Waals surface area contributed by atoms with Crippen molar-refractivity contribution in [3.63, 3.8) is 0 Å². The minimum Gasteiger partial charge on any atom is -0.493 e. The molecule has 1 aliphatic rings. The molecule has 0 bridgehead atoms. The van der Waals surface area contributed by atoms with Crippen LogP contribution in [-0.4, -0.2) is 47.8 Å². The number of piperidine rings is 1. The van der Waals surface area contributed by atoms with E-state index in [9.17, 15) is 9.59 Å². The predicted octanol–water partition coefficient (Wildman–Crippen LogP) is 2.33. The standard InChI is InChI=1S/C21H25N5O4S/c1-13-5-4-8-25(12-13)21-24-26-19(28)15(11-23-20(26)31-21)18(27)22-10-14-6-7-16(29-2)17(9-14)30-3/h6-7,9,11,13H,4-5,8,10,12H2,1-3H3,(H,22,27)/t13-/m0/s1. The summed E-state index contributed by atoms with van der Waals surface area (Å²) in [6.45, 7) is 4.27. The van der Waals surface area contributed by atoms with E-state index in [0.29, 0.717) is 22.4 Å². The molecule has 1 atom stereocenters.